The molecule has 0 radical (unpaired) electrons. The fourth-order valence-electron chi connectivity index (χ4n) is 3.02. The Hall–Kier alpha value is -1.09. The maximum atomic E-state index is 4.06. The standard InChI is InChI=1S/C13H19N3/c1-3-14-4-2-11-5-10(1)6-12(7-11)13-8-15-16-9-13/h6,8-11,14H,1-5,7H2,(H,15,16). The Balaban J connectivity index is 1.84. The van der Waals surface area contributed by atoms with E-state index in [0.717, 1.165) is 11.8 Å². The van der Waals surface area contributed by atoms with Crippen LogP contribution in [0.5, 0.6) is 0 Å². The summed E-state index contributed by atoms with van der Waals surface area (Å²) in [6.07, 6.45) is 11.7. The second-order valence-electron chi connectivity index (χ2n) is 5.07. The van der Waals surface area contributed by atoms with E-state index in [9.17, 15) is 0 Å². The van der Waals surface area contributed by atoms with Gasteiger partial charge in [-0.25, -0.2) is 0 Å². The lowest BCUT2D eigenvalue weighted by Crippen LogP contribution is -2.28. The summed E-state index contributed by atoms with van der Waals surface area (Å²) in [7, 11) is 0. The van der Waals surface area contributed by atoms with Crippen molar-refractivity contribution in [3.8, 4) is 0 Å². The first-order valence-corrected chi connectivity index (χ1v) is 6.32. The van der Waals surface area contributed by atoms with E-state index in [1.807, 2.05) is 12.4 Å². The third kappa shape index (κ3) is 2.05. The van der Waals surface area contributed by atoms with E-state index in [1.165, 1.54) is 49.9 Å². The maximum Gasteiger partial charge on any atom is 0.0562 e. The lowest BCUT2D eigenvalue weighted by atomic mass is 9.77. The molecule has 16 heavy (non-hydrogen) atoms. The average Bonchev–Trinajstić information content (AvgIpc) is 2.80. The van der Waals surface area contributed by atoms with E-state index >= 15 is 0 Å². The highest BCUT2D eigenvalue weighted by atomic mass is 15.1. The van der Waals surface area contributed by atoms with Crippen molar-refractivity contribution in [1.29, 1.82) is 0 Å². The predicted molar refractivity (Wildman–Crippen MR) is 64.9 cm³/mol. The molecule has 86 valence electrons. The Morgan fingerprint density at radius 1 is 1.25 bits per heavy atom. The zero-order valence-corrected chi connectivity index (χ0v) is 9.58. The molecule has 2 heterocycles. The summed E-state index contributed by atoms with van der Waals surface area (Å²) in [6.45, 7) is 2.36. The lowest BCUT2D eigenvalue weighted by molar-refractivity contribution is 0.334. The van der Waals surface area contributed by atoms with E-state index in [4.69, 9.17) is 0 Å². The van der Waals surface area contributed by atoms with Crippen LogP contribution >= 0.6 is 0 Å². The normalized spacial score (nSPS) is 30.4. The van der Waals surface area contributed by atoms with E-state index in [-0.39, 0.29) is 0 Å². The monoisotopic (exact) mass is 217 g/mol. The Labute approximate surface area is 96.3 Å². The van der Waals surface area contributed by atoms with Crippen molar-refractivity contribution in [2.24, 2.45) is 11.8 Å². The Morgan fingerprint density at radius 2 is 2.19 bits per heavy atom. The smallest absolute Gasteiger partial charge is 0.0562 e. The summed E-state index contributed by atoms with van der Waals surface area (Å²) in [5.41, 5.74) is 2.81. The van der Waals surface area contributed by atoms with E-state index in [1.54, 1.807) is 0 Å². The van der Waals surface area contributed by atoms with Gasteiger partial charge in [-0.2, -0.15) is 5.10 Å². The van der Waals surface area contributed by atoms with Crippen LogP contribution in [0.3, 0.4) is 0 Å². The van der Waals surface area contributed by atoms with Gasteiger partial charge >= 0.3 is 0 Å². The van der Waals surface area contributed by atoms with Crippen molar-refractivity contribution in [2.75, 3.05) is 13.1 Å². The highest BCUT2D eigenvalue weighted by Crippen LogP contribution is 2.36. The molecule has 3 nitrogen and oxygen atoms in total. The quantitative estimate of drug-likeness (QED) is 0.757. The van der Waals surface area contributed by atoms with Gasteiger partial charge in [0.15, 0.2) is 0 Å². The number of aromatic nitrogens is 2. The molecule has 0 amide bonds. The number of nitrogens with zero attached hydrogens (tertiary/aromatic N) is 1. The summed E-state index contributed by atoms with van der Waals surface area (Å²) in [4.78, 5) is 0. The SMILES string of the molecule is C1=C(c2cn[nH]c2)CC2CCNCCC1C2. The van der Waals surface area contributed by atoms with Crippen LogP contribution in [-0.2, 0) is 0 Å². The Morgan fingerprint density at radius 3 is 3.06 bits per heavy atom. The molecule has 1 aliphatic heterocycles. The van der Waals surface area contributed by atoms with Gasteiger partial charge in [0, 0.05) is 11.8 Å². The topological polar surface area (TPSA) is 40.7 Å². The number of nitrogens with one attached hydrogen (secondary N) is 2. The highest BCUT2D eigenvalue weighted by Gasteiger charge is 2.24. The van der Waals surface area contributed by atoms with Gasteiger partial charge in [0.25, 0.3) is 0 Å². The predicted octanol–water partition coefficient (Wildman–Crippen LogP) is 2.20. The summed E-state index contributed by atoms with van der Waals surface area (Å²) < 4.78 is 0. The number of hydrogen-bond acceptors (Lipinski definition) is 2. The molecular formula is C13H19N3. The van der Waals surface area contributed by atoms with Gasteiger partial charge in [-0.3, -0.25) is 5.10 Å². The average molecular weight is 217 g/mol. The molecule has 2 aliphatic rings. The second kappa shape index (κ2) is 4.42. The molecule has 1 aliphatic carbocycles. The summed E-state index contributed by atoms with van der Waals surface area (Å²) in [5, 5.41) is 10.5. The third-order valence-electron chi connectivity index (χ3n) is 3.87. The van der Waals surface area contributed by atoms with Gasteiger partial charge < -0.3 is 5.32 Å². The highest BCUT2D eigenvalue weighted by molar-refractivity contribution is 5.65. The second-order valence-corrected chi connectivity index (χ2v) is 5.07. The molecule has 3 rings (SSSR count). The van der Waals surface area contributed by atoms with Crippen molar-refractivity contribution < 1.29 is 0 Å². The van der Waals surface area contributed by atoms with Crippen LogP contribution in [0, 0.1) is 11.8 Å². The molecular weight excluding hydrogens is 198 g/mol. The molecule has 1 saturated heterocycles. The minimum Gasteiger partial charge on any atom is -0.317 e. The van der Waals surface area contributed by atoms with Crippen LogP contribution in [0.15, 0.2) is 18.5 Å². The summed E-state index contributed by atoms with van der Waals surface area (Å²) in [6, 6.07) is 0. The Bertz CT molecular complexity index is 367. The molecule has 0 saturated carbocycles. The molecule has 1 aromatic rings. The number of fused-ring (bicyclic) bond motifs is 2. The van der Waals surface area contributed by atoms with E-state index in [2.05, 4.69) is 21.6 Å². The maximum absolute atomic E-state index is 4.06. The van der Waals surface area contributed by atoms with Crippen LogP contribution in [0.1, 0.15) is 31.2 Å². The number of hydrogen-bond donors (Lipinski definition) is 2. The lowest BCUT2D eigenvalue weighted by Gasteiger charge is -2.31. The van der Waals surface area contributed by atoms with Crippen molar-refractivity contribution in [3.05, 3.63) is 24.0 Å². The molecule has 2 unspecified atom stereocenters. The fraction of sp³-hybridized carbons (Fsp3) is 0.615. The van der Waals surface area contributed by atoms with Crippen molar-refractivity contribution in [2.45, 2.75) is 25.7 Å². The van der Waals surface area contributed by atoms with E-state index in [0.29, 0.717) is 0 Å². The first-order valence-electron chi connectivity index (χ1n) is 6.32. The molecule has 3 heteroatoms. The molecule has 0 aromatic carbocycles. The van der Waals surface area contributed by atoms with Crippen LogP contribution < -0.4 is 5.32 Å². The van der Waals surface area contributed by atoms with E-state index < -0.39 is 0 Å². The number of aromatic amines is 1. The largest absolute Gasteiger partial charge is 0.317 e. The number of rotatable bonds is 1. The molecule has 2 atom stereocenters. The van der Waals surface area contributed by atoms with Crippen LogP contribution in [0.25, 0.3) is 5.57 Å². The Kier molecular flexibility index (Phi) is 2.79. The first kappa shape index (κ1) is 10.1. The van der Waals surface area contributed by atoms with Crippen molar-refractivity contribution in [3.63, 3.8) is 0 Å². The molecule has 1 aromatic heterocycles. The molecule has 1 fully saturated rings. The molecule has 2 bridgehead atoms. The van der Waals surface area contributed by atoms with Crippen LogP contribution in [0.4, 0.5) is 0 Å². The fourth-order valence-corrected chi connectivity index (χ4v) is 3.02. The third-order valence-corrected chi connectivity index (χ3v) is 3.87. The van der Waals surface area contributed by atoms with Crippen LogP contribution in [-0.4, -0.2) is 23.3 Å². The van der Waals surface area contributed by atoms with Gasteiger partial charge in [0.1, 0.15) is 0 Å². The first-order chi connectivity index (χ1) is 7.92. The van der Waals surface area contributed by atoms with Gasteiger partial charge in [0.2, 0.25) is 0 Å². The van der Waals surface area contributed by atoms with Gasteiger partial charge in [0.05, 0.1) is 6.20 Å². The number of H-pyrrole nitrogens is 1. The molecule has 2 N–H and O–H groups in total. The van der Waals surface area contributed by atoms with Gasteiger partial charge in [-0.15, -0.1) is 0 Å². The molecule has 0 spiro atoms. The zero-order valence-electron chi connectivity index (χ0n) is 9.58. The summed E-state index contributed by atoms with van der Waals surface area (Å²) in [5.74, 6) is 1.64. The minimum atomic E-state index is 0.774. The zero-order chi connectivity index (χ0) is 10.8. The number of allylic oxidation sites excluding steroid dienone is 2. The summed E-state index contributed by atoms with van der Waals surface area (Å²) >= 11 is 0. The van der Waals surface area contributed by atoms with Gasteiger partial charge in [-0.1, -0.05) is 6.08 Å². The van der Waals surface area contributed by atoms with Gasteiger partial charge in [-0.05, 0) is 56.2 Å². The minimum absolute atomic E-state index is 0.774. The van der Waals surface area contributed by atoms with Crippen molar-refractivity contribution in [1.82, 2.24) is 15.5 Å². The van der Waals surface area contributed by atoms with Crippen LogP contribution in [0.2, 0.25) is 0 Å². The van der Waals surface area contributed by atoms with Crippen molar-refractivity contribution >= 4 is 5.57 Å².